The quantitative estimate of drug-likeness (QED) is 0.916. The summed E-state index contributed by atoms with van der Waals surface area (Å²) in [7, 11) is 4.22. The Morgan fingerprint density at radius 3 is 2.70 bits per heavy atom. The molecule has 3 atom stereocenters. The summed E-state index contributed by atoms with van der Waals surface area (Å²) in [6.07, 6.45) is 5.32. The van der Waals surface area contributed by atoms with Gasteiger partial charge in [0, 0.05) is 11.6 Å². The SMILES string of the molecule is CC1CCCC(C(N)Cc2ccccc2F)(N(C)C)C1. The number of nitrogens with zero attached hydrogens (tertiary/aromatic N) is 1. The Hall–Kier alpha value is -0.930. The lowest BCUT2D eigenvalue weighted by molar-refractivity contribution is 0.0501. The van der Waals surface area contributed by atoms with Crippen LogP contribution in [-0.2, 0) is 6.42 Å². The molecular weight excluding hydrogens is 251 g/mol. The zero-order valence-electron chi connectivity index (χ0n) is 12.9. The van der Waals surface area contributed by atoms with Crippen LogP contribution in [0.4, 0.5) is 4.39 Å². The highest BCUT2D eigenvalue weighted by molar-refractivity contribution is 5.20. The maximum absolute atomic E-state index is 13.9. The van der Waals surface area contributed by atoms with E-state index < -0.39 is 0 Å². The molecule has 0 saturated heterocycles. The molecule has 2 rings (SSSR count). The lowest BCUT2D eigenvalue weighted by Gasteiger charge is -2.49. The summed E-state index contributed by atoms with van der Waals surface area (Å²) < 4.78 is 13.9. The van der Waals surface area contributed by atoms with E-state index in [0.29, 0.717) is 12.3 Å². The minimum absolute atomic E-state index is 0.0000515. The Morgan fingerprint density at radius 1 is 1.40 bits per heavy atom. The van der Waals surface area contributed by atoms with Crippen LogP contribution in [0, 0.1) is 11.7 Å². The van der Waals surface area contributed by atoms with E-state index in [1.807, 2.05) is 12.1 Å². The third-order valence-corrected chi connectivity index (χ3v) is 4.99. The molecular formula is C17H27FN2. The molecule has 0 aromatic heterocycles. The Labute approximate surface area is 122 Å². The van der Waals surface area contributed by atoms with Crippen LogP contribution in [0.1, 0.15) is 38.2 Å². The fourth-order valence-electron chi connectivity index (χ4n) is 3.73. The second-order valence-electron chi connectivity index (χ2n) is 6.60. The van der Waals surface area contributed by atoms with Gasteiger partial charge in [0.05, 0.1) is 0 Å². The van der Waals surface area contributed by atoms with Crippen molar-refractivity contribution < 1.29 is 4.39 Å². The molecule has 0 radical (unpaired) electrons. The summed E-state index contributed by atoms with van der Waals surface area (Å²) in [4.78, 5) is 2.27. The summed E-state index contributed by atoms with van der Waals surface area (Å²) >= 11 is 0. The van der Waals surface area contributed by atoms with Gasteiger partial charge in [0.2, 0.25) is 0 Å². The molecule has 0 spiro atoms. The highest BCUT2D eigenvalue weighted by Gasteiger charge is 2.42. The summed E-state index contributed by atoms with van der Waals surface area (Å²) in [5.74, 6) is 0.554. The summed E-state index contributed by atoms with van der Waals surface area (Å²) in [6, 6.07) is 6.96. The summed E-state index contributed by atoms with van der Waals surface area (Å²) in [5, 5.41) is 0. The molecule has 112 valence electrons. The second kappa shape index (κ2) is 6.23. The Kier molecular flexibility index (Phi) is 4.82. The standard InChI is InChI=1S/C17H27FN2/c1-13-7-6-10-17(12-13,20(2)3)16(19)11-14-8-4-5-9-15(14)18/h4-5,8-9,13,16H,6-7,10-12,19H2,1-3H3. The summed E-state index contributed by atoms with van der Waals surface area (Å²) in [5.41, 5.74) is 7.27. The number of hydrogen-bond acceptors (Lipinski definition) is 2. The van der Waals surface area contributed by atoms with Gasteiger partial charge in [0.15, 0.2) is 0 Å². The van der Waals surface area contributed by atoms with Crippen molar-refractivity contribution in [1.29, 1.82) is 0 Å². The van der Waals surface area contributed by atoms with E-state index in [1.165, 1.54) is 18.9 Å². The molecule has 2 N–H and O–H groups in total. The largest absolute Gasteiger partial charge is 0.326 e. The van der Waals surface area contributed by atoms with Gasteiger partial charge in [-0.05, 0) is 50.9 Å². The van der Waals surface area contributed by atoms with Crippen LogP contribution < -0.4 is 5.73 Å². The first-order chi connectivity index (χ1) is 9.45. The molecule has 0 amide bonds. The zero-order chi connectivity index (χ0) is 14.8. The van der Waals surface area contributed by atoms with Gasteiger partial charge in [-0.25, -0.2) is 4.39 Å². The van der Waals surface area contributed by atoms with E-state index in [4.69, 9.17) is 5.73 Å². The van der Waals surface area contributed by atoms with Gasteiger partial charge in [-0.2, -0.15) is 0 Å². The molecule has 0 bridgehead atoms. The monoisotopic (exact) mass is 278 g/mol. The van der Waals surface area contributed by atoms with Crippen molar-refractivity contribution in [3.63, 3.8) is 0 Å². The van der Waals surface area contributed by atoms with Gasteiger partial charge < -0.3 is 10.6 Å². The fourth-order valence-corrected chi connectivity index (χ4v) is 3.73. The Balaban J connectivity index is 2.19. The molecule has 3 unspecified atom stereocenters. The average Bonchev–Trinajstić information content (AvgIpc) is 2.41. The first kappa shape index (κ1) is 15.5. The molecule has 0 heterocycles. The molecule has 1 saturated carbocycles. The maximum Gasteiger partial charge on any atom is 0.126 e. The van der Waals surface area contributed by atoms with Gasteiger partial charge in [-0.15, -0.1) is 0 Å². The topological polar surface area (TPSA) is 29.3 Å². The first-order valence-corrected chi connectivity index (χ1v) is 7.62. The third kappa shape index (κ3) is 3.04. The van der Waals surface area contributed by atoms with E-state index in [1.54, 1.807) is 6.07 Å². The van der Waals surface area contributed by atoms with Crippen LogP contribution in [0.25, 0.3) is 0 Å². The smallest absolute Gasteiger partial charge is 0.126 e. The highest BCUT2D eigenvalue weighted by Crippen LogP contribution is 2.38. The Morgan fingerprint density at radius 2 is 2.10 bits per heavy atom. The van der Waals surface area contributed by atoms with Crippen LogP contribution in [0.2, 0.25) is 0 Å². The number of likely N-dealkylation sites (N-methyl/N-ethyl adjacent to an activating group) is 1. The predicted octanol–water partition coefficient (Wildman–Crippen LogP) is 3.21. The van der Waals surface area contributed by atoms with E-state index >= 15 is 0 Å². The van der Waals surface area contributed by atoms with E-state index in [0.717, 1.165) is 18.4 Å². The van der Waals surface area contributed by atoms with Gasteiger partial charge in [-0.3, -0.25) is 0 Å². The van der Waals surface area contributed by atoms with Crippen LogP contribution >= 0.6 is 0 Å². The number of benzene rings is 1. The van der Waals surface area contributed by atoms with Crippen molar-refractivity contribution in [2.75, 3.05) is 14.1 Å². The van der Waals surface area contributed by atoms with Crippen LogP contribution in [0.5, 0.6) is 0 Å². The lowest BCUT2D eigenvalue weighted by Crippen LogP contribution is -2.60. The van der Waals surface area contributed by atoms with Gasteiger partial charge >= 0.3 is 0 Å². The fraction of sp³-hybridized carbons (Fsp3) is 0.647. The van der Waals surface area contributed by atoms with Gasteiger partial charge in [0.1, 0.15) is 5.82 Å². The third-order valence-electron chi connectivity index (χ3n) is 4.99. The van der Waals surface area contributed by atoms with Crippen molar-refractivity contribution >= 4 is 0 Å². The van der Waals surface area contributed by atoms with Crippen molar-refractivity contribution in [2.45, 2.75) is 50.6 Å². The molecule has 2 nitrogen and oxygen atoms in total. The molecule has 0 aliphatic heterocycles. The zero-order valence-corrected chi connectivity index (χ0v) is 12.9. The van der Waals surface area contributed by atoms with Crippen molar-refractivity contribution in [1.82, 2.24) is 4.90 Å². The second-order valence-corrected chi connectivity index (χ2v) is 6.60. The van der Waals surface area contributed by atoms with Gasteiger partial charge in [-0.1, -0.05) is 38.0 Å². The Bertz CT molecular complexity index is 446. The van der Waals surface area contributed by atoms with Crippen molar-refractivity contribution in [3.05, 3.63) is 35.6 Å². The van der Waals surface area contributed by atoms with Gasteiger partial charge in [0.25, 0.3) is 0 Å². The molecule has 1 aliphatic carbocycles. The number of nitrogens with two attached hydrogens (primary N) is 1. The predicted molar refractivity (Wildman–Crippen MR) is 82.1 cm³/mol. The molecule has 20 heavy (non-hydrogen) atoms. The van der Waals surface area contributed by atoms with Crippen LogP contribution in [0.15, 0.2) is 24.3 Å². The van der Waals surface area contributed by atoms with Crippen LogP contribution in [-0.4, -0.2) is 30.6 Å². The molecule has 1 aromatic carbocycles. The molecule has 1 aliphatic rings. The van der Waals surface area contributed by atoms with E-state index in [2.05, 4.69) is 25.9 Å². The lowest BCUT2D eigenvalue weighted by atomic mass is 9.70. The number of hydrogen-bond donors (Lipinski definition) is 1. The minimum Gasteiger partial charge on any atom is -0.326 e. The van der Waals surface area contributed by atoms with E-state index in [9.17, 15) is 4.39 Å². The maximum atomic E-state index is 13.9. The van der Waals surface area contributed by atoms with E-state index in [-0.39, 0.29) is 17.4 Å². The average molecular weight is 278 g/mol. The number of halogens is 1. The highest BCUT2D eigenvalue weighted by atomic mass is 19.1. The molecule has 1 fully saturated rings. The minimum atomic E-state index is -0.138. The molecule has 3 heteroatoms. The first-order valence-electron chi connectivity index (χ1n) is 7.62. The normalized spacial score (nSPS) is 28.6. The number of rotatable bonds is 4. The van der Waals surface area contributed by atoms with Crippen molar-refractivity contribution in [3.8, 4) is 0 Å². The van der Waals surface area contributed by atoms with Crippen LogP contribution in [0.3, 0.4) is 0 Å². The molecule has 1 aromatic rings. The van der Waals surface area contributed by atoms with Crippen molar-refractivity contribution in [2.24, 2.45) is 11.7 Å². The summed E-state index contributed by atoms with van der Waals surface area (Å²) in [6.45, 7) is 2.30.